The van der Waals surface area contributed by atoms with Crippen LogP contribution in [0.1, 0.15) is 22.3 Å². The van der Waals surface area contributed by atoms with E-state index in [1.54, 1.807) is 0 Å². The summed E-state index contributed by atoms with van der Waals surface area (Å²) in [7, 11) is 0. The van der Waals surface area contributed by atoms with Gasteiger partial charge in [0, 0.05) is 0 Å². The van der Waals surface area contributed by atoms with Gasteiger partial charge < -0.3 is 0 Å². The lowest BCUT2D eigenvalue weighted by atomic mass is 9.89. The molecule has 0 aliphatic carbocycles. The van der Waals surface area contributed by atoms with Gasteiger partial charge in [0.1, 0.15) is 0 Å². The van der Waals surface area contributed by atoms with Crippen molar-refractivity contribution in [3.63, 3.8) is 0 Å². The van der Waals surface area contributed by atoms with E-state index in [1.807, 2.05) is 0 Å². The minimum atomic E-state index is -1.82. The van der Waals surface area contributed by atoms with Crippen LogP contribution in [0.2, 0.25) is 0 Å². The number of hydrogen-bond donors (Lipinski definition) is 0. The molecule has 1 aliphatic heterocycles. The Morgan fingerprint density at radius 2 is 0.571 bits per heavy atom. The molecule has 0 fully saturated rings. The van der Waals surface area contributed by atoms with E-state index < -0.39 is 14.1 Å². The molecule has 0 saturated heterocycles. The minimum absolute atomic E-state index is 1.28. The normalized spacial score (nSPS) is 13.4. The van der Waals surface area contributed by atoms with Crippen LogP contribution in [-0.4, -0.2) is 14.1 Å². The lowest BCUT2D eigenvalue weighted by Gasteiger charge is -2.17. The van der Waals surface area contributed by atoms with Crippen LogP contribution in [0.3, 0.4) is 0 Å². The zero-order chi connectivity index (χ0) is 23.5. The van der Waals surface area contributed by atoms with Crippen molar-refractivity contribution in [2.45, 2.75) is 0 Å². The van der Waals surface area contributed by atoms with Crippen molar-refractivity contribution in [3.05, 3.63) is 174 Å². The topological polar surface area (TPSA) is 0 Å². The minimum Gasteiger partial charge on any atom is -0.0984 e. The lowest BCUT2D eigenvalue weighted by Crippen LogP contribution is -2.32. The molecular formula is C34H25Al. The second kappa shape index (κ2) is 9.77. The largest absolute Gasteiger partial charge is 0.387 e. The van der Waals surface area contributed by atoms with E-state index in [1.165, 1.54) is 46.7 Å². The van der Waals surface area contributed by atoms with Gasteiger partial charge in [0.05, 0.1) is 0 Å². The first-order valence-electron chi connectivity index (χ1n) is 12.2. The van der Waals surface area contributed by atoms with Gasteiger partial charge in [0.2, 0.25) is 0 Å². The molecule has 0 nitrogen and oxygen atoms in total. The maximum absolute atomic E-state index is 2.33. The molecule has 0 N–H and O–H groups in total. The summed E-state index contributed by atoms with van der Waals surface area (Å²) >= 11 is -1.82. The van der Waals surface area contributed by atoms with Gasteiger partial charge in [-0.2, -0.15) is 0 Å². The van der Waals surface area contributed by atoms with Crippen molar-refractivity contribution in [3.8, 4) is 0 Å². The number of benzene rings is 5. The quantitative estimate of drug-likeness (QED) is 0.236. The first-order chi connectivity index (χ1) is 17.4. The maximum Gasteiger partial charge on any atom is 0.387 e. The zero-order valence-corrected chi connectivity index (χ0v) is 20.7. The number of hydrogen-bond acceptors (Lipinski definition) is 0. The fourth-order valence-electron chi connectivity index (χ4n) is 5.35. The molecule has 0 aromatic heterocycles. The van der Waals surface area contributed by atoms with Gasteiger partial charge in [0.15, 0.2) is 0 Å². The third-order valence-electron chi connectivity index (χ3n) is 6.79. The van der Waals surface area contributed by atoms with Gasteiger partial charge in [-0.1, -0.05) is 165 Å². The number of allylic oxidation sites excluding steroid dienone is 2. The molecular weight excluding hydrogens is 435 g/mol. The summed E-state index contributed by atoms with van der Waals surface area (Å²) in [5.74, 6) is 0. The molecule has 0 bridgehead atoms. The zero-order valence-electron chi connectivity index (χ0n) is 19.5. The SMILES string of the molecule is c1ccc(C2=[C](c3ccccc3)[Al]([c]3ccccc3)[C](c3ccccc3)=C2c2ccccc2)cc1. The Morgan fingerprint density at radius 3 is 0.914 bits per heavy atom. The molecule has 0 unspecified atom stereocenters. The van der Waals surface area contributed by atoms with Crippen molar-refractivity contribution < 1.29 is 0 Å². The van der Waals surface area contributed by atoms with Crippen LogP contribution in [0, 0.1) is 0 Å². The van der Waals surface area contributed by atoms with Gasteiger partial charge in [0.25, 0.3) is 0 Å². The Kier molecular flexibility index (Phi) is 6.04. The fourth-order valence-corrected chi connectivity index (χ4v) is 9.16. The molecule has 5 aromatic rings. The molecule has 0 spiro atoms. The van der Waals surface area contributed by atoms with Crippen LogP contribution in [-0.2, 0) is 0 Å². The standard InChI is InChI=1S/C28H20.C6H5.Al/c1-5-13-23(14-6-1)21-27(25-17-9-3-10-18-25)28(26-19-11-4-12-20-26)22-24-15-7-2-8-16-24;1-2-4-6-5-3-1;/h1-20H;1-5H;. The smallest absolute Gasteiger partial charge is 0.0984 e. The summed E-state index contributed by atoms with van der Waals surface area (Å²) < 4.78 is 4.45. The molecule has 0 radical (unpaired) electrons. The lowest BCUT2D eigenvalue weighted by molar-refractivity contribution is 1.58. The van der Waals surface area contributed by atoms with E-state index in [0.29, 0.717) is 0 Å². The molecule has 0 saturated carbocycles. The molecule has 1 aliphatic rings. The van der Waals surface area contributed by atoms with E-state index in [9.17, 15) is 0 Å². The number of rotatable bonds is 5. The van der Waals surface area contributed by atoms with Crippen LogP contribution >= 0.6 is 0 Å². The highest BCUT2D eigenvalue weighted by Crippen LogP contribution is 2.50. The molecule has 0 amide bonds. The molecule has 5 aromatic carbocycles. The van der Waals surface area contributed by atoms with Gasteiger partial charge in [-0.15, -0.1) is 0 Å². The van der Waals surface area contributed by atoms with Crippen molar-refractivity contribution in [2.75, 3.05) is 0 Å². The molecule has 164 valence electrons. The Hall–Kier alpha value is -3.89. The molecule has 1 heteroatoms. The summed E-state index contributed by atoms with van der Waals surface area (Å²) in [6, 6.07) is 55.2. The van der Waals surface area contributed by atoms with E-state index in [0.717, 1.165) is 0 Å². The van der Waals surface area contributed by atoms with Crippen molar-refractivity contribution >= 4 is 38.6 Å². The van der Waals surface area contributed by atoms with E-state index in [2.05, 4.69) is 152 Å². The fraction of sp³-hybridized carbons (Fsp3) is 0. The average molecular weight is 461 g/mol. The van der Waals surface area contributed by atoms with Gasteiger partial charge in [-0.25, -0.2) is 0 Å². The Morgan fingerprint density at radius 1 is 0.286 bits per heavy atom. The summed E-state index contributed by atoms with van der Waals surface area (Å²) in [4.78, 5) is 0. The maximum atomic E-state index is 2.33. The Bertz CT molecular complexity index is 1390. The van der Waals surface area contributed by atoms with Gasteiger partial charge >= 0.3 is 14.1 Å². The van der Waals surface area contributed by atoms with E-state index in [-0.39, 0.29) is 0 Å². The molecule has 0 atom stereocenters. The predicted molar refractivity (Wildman–Crippen MR) is 151 cm³/mol. The summed E-state index contributed by atoms with van der Waals surface area (Å²) in [6.45, 7) is 0. The molecule has 6 rings (SSSR count). The third kappa shape index (κ3) is 4.11. The summed E-state index contributed by atoms with van der Waals surface area (Å²) in [5.41, 5.74) is 7.97. The summed E-state index contributed by atoms with van der Waals surface area (Å²) in [5, 5.41) is 0. The second-order valence-corrected chi connectivity index (χ2v) is 11.6. The predicted octanol–water partition coefficient (Wildman–Crippen LogP) is 7.70. The van der Waals surface area contributed by atoms with Crippen LogP contribution < -0.4 is 4.43 Å². The van der Waals surface area contributed by atoms with Gasteiger partial charge in [-0.3, -0.25) is 0 Å². The van der Waals surface area contributed by atoms with Crippen molar-refractivity contribution in [1.82, 2.24) is 0 Å². The highest BCUT2D eigenvalue weighted by Gasteiger charge is 2.41. The van der Waals surface area contributed by atoms with Crippen LogP contribution in [0.4, 0.5) is 0 Å². The van der Waals surface area contributed by atoms with Crippen LogP contribution in [0.15, 0.2) is 152 Å². The Balaban J connectivity index is 1.77. The first-order valence-corrected chi connectivity index (χ1v) is 13.9. The highest BCUT2D eigenvalue weighted by molar-refractivity contribution is 7.08. The molecule has 1 heterocycles. The van der Waals surface area contributed by atoms with Crippen molar-refractivity contribution in [1.29, 1.82) is 0 Å². The Labute approximate surface area is 211 Å². The van der Waals surface area contributed by atoms with Crippen LogP contribution in [0.5, 0.6) is 0 Å². The van der Waals surface area contributed by atoms with E-state index >= 15 is 0 Å². The average Bonchev–Trinajstić information content (AvgIpc) is 3.32. The van der Waals surface area contributed by atoms with Crippen molar-refractivity contribution in [2.24, 2.45) is 0 Å². The third-order valence-corrected chi connectivity index (χ3v) is 10.2. The summed E-state index contributed by atoms with van der Waals surface area (Å²) in [6.07, 6.45) is 0. The van der Waals surface area contributed by atoms with Crippen LogP contribution in [0.25, 0.3) is 20.0 Å². The first kappa shape index (κ1) is 21.6. The molecule has 35 heavy (non-hydrogen) atoms. The van der Waals surface area contributed by atoms with Gasteiger partial charge in [-0.05, 0) is 33.4 Å². The monoisotopic (exact) mass is 460 g/mol. The second-order valence-electron chi connectivity index (χ2n) is 8.89. The highest BCUT2D eigenvalue weighted by atomic mass is 27.2. The van der Waals surface area contributed by atoms with E-state index in [4.69, 9.17) is 0 Å².